The number of alkyl halides is 2. The van der Waals surface area contributed by atoms with E-state index in [9.17, 15) is 13.2 Å². The minimum atomic E-state index is -2.79. The van der Waals surface area contributed by atoms with Crippen molar-refractivity contribution in [2.75, 3.05) is 0 Å². The van der Waals surface area contributed by atoms with Gasteiger partial charge < -0.3 is 0 Å². The molecule has 0 amide bonds. The summed E-state index contributed by atoms with van der Waals surface area (Å²) in [4.78, 5) is 0. The van der Waals surface area contributed by atoms with Crippen molar-refractivity contribution in [1.82, 2.24) is 0 Å². The molecule has 64 valence electrons. The monoisotopic (exact) mass is 172 g/mol. The number of benzene rings is 1. The molecule has 3 heteroatoms. The normalized spacial score (nSPS) is 10.3. The van der Waals surface area contributed by atoms with Crippen LogP contribution in [0.15, 0.2) is 24.8 Å². The molecule has 0 aliphatic rings. The smallest absolute Gasteiger partial charge is 0.206 e. The summed E-state index contributed by atoms with van der Waals surface area (Å²) in [5.74, 6) is -0.887. The second-order valence-electron chi connectivity index (χ2n) is 2.25. The van der Waals surface area contributed by atoms with E-state index in [1.54, 1.807) is 0 Å². The Morgan fingerprint density at radius 3 is 2.42 bits per heavy atom. The van der Waals surface area contributed by atoms with E-state index in [1.165, 1.54) is 18.2 Å². The third-order valence-corrected chi connectivity index (χ3v) is 1.52. The zero-order valence-electron chi connectivity index (χ0n) is 6.23. The summed E-state index contributed by atoms with van der Waals surface area (Å²) < 4.78 is 37.1. The first kappa shape index (κ1) is 8.84. The number of halogens is 3. The van der Waals surface area contributed by atoms with Crippen LogP contribution < -0.4 is 0 Å². The highest BCUT2D eigenvalue weighted by atomic mass is 19.3. The molecule has 0 fully saturated rings. The van der Waals surface area contributed by atoms with Crippen molar-refractivity contribution in [3.63, 3.8) is 0 Å². The topological polar surface area (TPSA) is 0 Å². The maximum atomic E-state index is 12.8. The molecule has 0 radical (unpaired) electrons. The molecule has 1 rings (SSSR count). The lowest BCUT2D eigenvalue weighted by Gasteiger charge is -2.04. The fourth-order valence-corrected chi connectivity index (χ4v) is 0.962. The van der Waals surface area contributed by atoms with Crippen LogP contribution in [-0.2, 0) is 0 Å². The lowest BCUT2D eigenvalue weighted by Crippen LogP contribution is -1.93. The van der Waals surface area contributed by atoms with Gasteiger partial charge in [-0.25, -0.2) is 13.2 Å². The minimum absolute atomic E-state index is 0.144. The largest absolute Gasteiger partial charge is 0.267 e. The zero-order chi connectivity index (χ0) is 9.14. The second kappa shape index (κ2) is 3.43. The van der Waals surface area contributed by atoms with E-state index in [0.29, 0.717) is 0 Å². The molecule has 0 unspecified atom stereocenters. The summed E-state index contributed by atoms with van der Waals surface area (Å²) in [6.45, 7) is 3.32. The molecule has 1 aromatic carbocycles. The number of hydrogen-bond acceptors (Lipinski definition) is 0. The maximum Gasteiger partial charge on any atom is 0.267 e. The Balaban J connectivity index is 3.29. The average molecular weight is 172 g/mol. The van der Waals surface area contributed by atoms with Gasteiger partial charge in [0.15, 0.2) is 0 Å². The highest BCUT2D eigenvalue weighted by Gasteiger charge is 2.15. The van der Waals surface area contributed by atoms with Gasteiger partial charge >= 0.3 is 0 Å². The molecule has 0 saturated heterocycles. The highest BCUT2D eigenvalue weighted by Crippen LogP contribution is 2.26. The summed E-state index contributed by atoms with van der Waals surface area (Å²) in [6, 6.07) is 3.78. The van der Waals surface area contributed by atoms with Gasteiger partial charge in [-0.1, -0.05) is 24.8 Å². The van der Waals surface area contributed by atoms with Gasteiger partial charge in [0, 0.05) is 0 Å². The molecule has 0 atom stereocenters. The highest BCUT2D eigenvalue weighted by molar-refractivity contribution is 5.52. The van der Waals surface area contributed by atoms with Gasteiger partial charge in [0.05, 0.1) is 5.56 Å². The predicted molar refractivity (Wildman–Crippen MR) is 41.4 cm³/mol. The molecule has 12 heavy (non-hydrogen) atoms. The maximum absolute atomic E-state index is 12.8. The molecule has 0 aliphatic heterocycles. The van der Waals surface area contributed by atoms with Crippen LogP contribution in [-0.4, -0.2) is 0 Å². The van der Waals surface area contributed by atoms with Gasteiger partial charge in [0.2, 0.25) is 0 Å². The number of rotatable bonds is 2. The van der Waals surface area contributed by atoms with Crippen LogP contribution in [0, 0.1) is 5.82 Å². The van der Waals surface area contributed by atoms with E-state index in [4.69, 9.17) is 0 Å². The van der Waals surface area contributed by atoms with Gasteiger partial charge in [-0.3, -0.25) is 0 Å². The lowest BCUT2D eigenvalue weighted by atomic mass is 10.1. The molecule has 0 heterocycles. The van der Waals surface area contributed by atoms with E-state index < -0.39 is 17.8 Å². The minimum Gasteiger partial charge on any atom is -0.206 e. The van der Waals surface area contributed by atoms with Crippen molar-refractivity contribution in [2.45, 2.75) is 6.43 Å². The average Bonchev–Trinajstić information content (AvgIpc) is 2.03. The van der Waals surface area contributed by atoms with Crippen LogP contribution in [0.2, 0.25) is 0 Å². The van der Waals surface area contributed by atoms with Crippen LogP contribution in [0.5, 0.6) is 0 Å². The van der Waals surface area contributed by atoms with Crippen LogP contribution in [0.25, 0.3) is 6.08 Å². The quantitative estimate of drug-likeness (QED) is 0.641. The van der Waals surface area contributed by atoms with Gasteiger partial charge in [-0.05, 0) is 11.6 Å². The molecular weight excluding hydrogens is 165 g/mol. The van der Waals surface area contributed by atoms with Gasteiger partial charge in [-0.2, -0.15) is 0 Å². The summed E-state index contributed by atoms with van der Waals surface area (Å²) in [7, 11) is 0. The Morgan fingerprint density at radius 2 is 2.00 bits per heavy atom. The predicted octanol–water partition coefficient (Wildman–Crippen LogP) is 3.41. The van der Waals surface area contributed by atoms with Crippen molar-refractivity contribution < 1.29 is 13.2 Å². The SMILES string of the molecule is C=Cc1cccc(F)c1C(F)F. The van der Waals surface area contributed by atoms with Crippen LogP contribution in [0.4, 0.5) is 13.2 Å². The molecule has 0 spiro atoms. The van der Waals surface area contributed by atoms with Gasteiger partial charge in [0.1, 0.15) is 5.82 Å². The Labute approximate surface area is 68.3 Å². The molecule has 0 nitrogen and oxygen atoms in total. The van der Waals surface area contributed by atoms with Crippen LogP contribution in [0.3, 0.4) is 0 Å². The van der Waals surface area contributed by atoms with Crippen molar-refractivity contribution in [3.05, 3.63) is 41.7 Å². The molecule has 0 N–H and O–H groups in total. The third-order valence-electron chi connectivity index (χ3n) is 1.52. The first-order valence-corrected chi connectivity index (χ1v) is 3.36. The van der Waals surface area contributed by atoms with E-state index in [-0.39, 0.29) is 5.56 Å². The summed E-state index contributed by atoms with van der Waals surface area (Å²) in [6.07, 6.45) is -1.58. The Bertz CT molecular complexity index is 292. The number of hydrogen-bond donors (Lipinski definition) is 0. The van der Waals surface area contributed by atoms with Crippen molar-refractivity contribution in [3.8, 4) is 0 Å². The summed E-state index contributed by atoms with van der Waals surface area (Å²) in [5, 5.41) is 0. The van der Waals surface area contributed by atoms with Crippen molar-refractivity contribution >= 4 is 6.08 Å². The summed E-state index contributed by atoms with van der Waals surface area (Å²) >= 11 is 0. The summed E-state index contributed by atoms with van der Waals surface area (Å²) in [5.41, 5.74) is -0.433. The standard InChI is InChI=1S/C9H7F3/c1-2-6-4-3-5-7(10)8(6)9(11)12/h2-5,9H,1H2. The van der Waals surface area contributed by atoms with Gasteiger partial charge in [0.25, 0.3) is 6.43 Å². The van der Waals surface area contributed by atoms with Crippen LogP contribution in [0.1, 0.15) is 17.6 Å². The molecule has 0 saturated carbocycles. The van der Waals surface area contributed by atoms with Crippen LogP contribution >= 0.6 is 0 Å². The Kier molecular flexibility index (Phi) is 2.53. The van der Waals surface area contributed by atoms with E-state index in [1.807, 2.05) is 0 Å². The molecule has 0 aromatic heterocycles. The second-order valence-corrected chi connectivity index (χ2v) is 2.25. The van der Waals surface area contributed by atoms with E-state index in [2.05, 4.69) is 6.58 Å². The first-order valence-electron chi connectivity index (χ1n) is 3.36. The van der Waals surface area contributed by atoms with E-state index in [0.717, 1.165) is 6.07 Å². The van der Waals surface area contributed by atoms with Crippen molar-refractivity contribution in [1.29, 1.82) is 0 Å². The zero-order valence-corrected chi connectivity index (χ0v) is 6.23. The molecule has 0 bridgehead atoms. The molecule has 1 aromatic rings. The third kappa shape index (κ3) is 1.49. The fraction of sp³-hybridized carbons (Fsp3) is 0.111. The van der Waals surface area contributed by atoms with Gasteiger partial charge in [-0.15, -0.1) is 0 Å². The molecular formula is C9H7F3. The molecule has 0 aliphatic carbocycles. The Morgan fingerprint density at radius 1 is 1.33 bits per heavy atom. The Hall–Kier alpha value is -1.25. The fourth-order valence-electron chi connectivity index (χ4n) is 0.962. The first-order chi connectivity index (χ1) is 5.66. The van der Waals surface area contributed by atoms with Crippen molar-refractivity contribution in [2.24, 2.45) is 0 Å². The lowest BCUT2D eigenvalue weighted by molar-refractivity contribution is 0.146. The van der Waals surface area contributed by atoms with E-state index >= 15 is 0 Å².